The number of likely N-dealkylation sites (tertiary alicyclic amines) is 1. The van der Waals surface area contributed by atoms with Crippen LogP contribution in [-0.4, -0.2) is 48.6 Å². The molecule has 31 heavy (non-hydrogen) atoms. The third-order valence-corrected chi connectivity index (χ3v) is 5.36. The van der Waals surface area contributed by atoms with Crippen LogP contribution in [0.15, 0.2) is 54.1 Å². The number of amides is 1. The Labute approximate surface area is 183 Å². The zero-order valence-corrected chi connectivity index (χ0v) is 18.3. The van der Waals surface area contributed by atoms with Crippen molar-refractivity contribution in [2.24, 2.45) is 0 Å². The quantitative estimate of drug-likeness (QED) is 0.373. The number of aliphatic hydroxyl groups is 1. The average Bonchev–Trinajstić information content (AvgIpc) is 3.05. The van der Waals surface area contributed by atoms with Crippen molar-refractivity contribution in [3.8, 4) is 5.75 Å². The van der Waals surface area contributed by atoms with E-state index in [9.17, 15) is 14.7 Å². The molecule has 2 aromatic carbocycles. The van der Waals surface area contributed by atoms with Gasteiger partial charge in [0.15, 0.2) is 0 Å². The summed E-state index contributed by atoms with van der Waals surface area (Å²) >= 11 is 0. The first-order chi connectivity index (χ1) is 15.0. The Morgan fingerprint density at radius 2 is 1.81 bits per heavy atom. The number of Topliss-reactive ketones (excluding diaryl/α,β-unsaturated/α-hetero) is 1. The Morgan fingerprint density at radius 3 is 2.45 bits per heavy atom. The number of methoxy groups -OCH3 is 1. The summed E-state index contributed by atoms with van der Waals surface area (Å²) in [5.74, 6) is -0.937. The zero-order chi connectivity index (χ0) is 22.4. The van der Waals surface area contributed by atoms with Gasteiger partial charge >= 0.3 is 0 Å². The second-order valence-electron chi connectivity index (χ2n) is 7.46. The number of nitrogens with zero attached hydrogens (tertiary/aromatic N) is 1. The fourth-order valence-corrected chi connectivity index (χ4v) is 3.69. The largest absolute Gasteiger partial charge is 0.507 e. The summed E-state index contributed by atoms with van der Waals surface area (Å²) in [7, 11) is 1.55. The van der Waals surface area contributed by atoms with E-state index >= 15 is 0 Å². The lowest BCUT2D eigenvalue weighted by Crippen LogP contribution is -2.32. The number of rotatable bonds is 9. The lowest BCUT2D eigenvalue weighted by Gasteiger charge is -2.25. The summed E-state index contributed by atoms with van der Waals surface area (Å²) in [5.41, 5.74) is 2.44. The molecule has 1 atom stereocenters. The number of hydrogen-bond acceptors (Lipinski definition) is 5. The van der Waals surface area contributed by atoms with Crippen LogP contribution in [-0.2, 0) is 20.7 Å². The summed E-state index contributed by atoms with van der Waals surface area (Å²) in [5, 5.41) is 11.1. The van der Waals surface area contributed by atoms with Gasteiger partial charge in [0.1, 0.15) is 11.5 Å². The van der Waals surface area contributed by atoms with Crippen LogP contribution in [0.1, 0.15) is 43.0 Å². The lowest BCUT2D eigenvalue weighted by molar-refractivity contribution is -0.140. The standard InChI is InChI=1S/C25H29NO5/c1-4-14-31-20-8-6-7-19(16-20)23(27)21-22(18-11-9-17(5-2)10-12-18)26(13-15-30-3)25(29)24(21)28/h6-12,16,22,27H,4-5,13-15H2,1-3H3/b23-21+. The number of carbonyl (C=O) groups excluding carboxylic acids is 2. The van der Waals surface area contributed by atoms with Crippen LogP contribution < -0.4 is 4.74 Å². The van der Waals surface area contributed by atoms with Crippen molar-refractivity contribution in [1.82, 2.24) is 4.90 Å². The number of ketones is 1. The molecule has 0 aliphatic carbocycles. The van der Waals surface area contributed by atoms with Crippen molar-refractivity contribution < 1.29 is 24.2 Å². The molecule has 0 spiro atoms. The maximum atomic E-state index is 13.0. The van der Waals surface area contributed by atoms with Gasteiger partial charge in [0.25, 0.3) is 11.7 Å². The molecule has 164 valence electrons. The predicted octanol–water partition coefficient (Wildman–Crippen LogP) is 4.11. The van der Waals surface area contributed by atoms with Gasteiger partial charge in [-0.15, -0.1) is 0 Å². The minimum atomic E-state index is -0.696. The molecule has 1 aliphatic heterocycles. The van der Waals surface area contributed by atoms with Crippen LogP contribution in [0, 0.1) is 0 Å². The number of carbonyl (C=O) groups is 2. The Hall–Kier alpha value is -3.12. The first kappa shape index (κ1) is 22.6. The first-order valence-corrected chi connectivity index (χ1v) is 10.6. The fraction of sp³-hybridized carbons (Fsp3) is 0.360. The number of benzene rings is 2. The Kier molecular flexibility index (Phi) is 7.47. The predicted molar refractivity (Wildman–Crippen MR) is 119 cm³/mol. The van der Waals surface area contributed by atoms with Crippen molar-refractivity contribution >= 4 is 17.4 Å². The normalized spacial score (nSPS) is 17.9. The Balaban J connectivity index is 2.09. The Morgan fingerprint density at radius 1 is 1.06 bits per heavy atom. The molecule has 1 N–H and O–H groups in total. The molecule has 1 heterocycles. The minimum Gasteiger partial charge on any atom is -0.507 e. The van der Waals surface area contributed by atoms with Crippen LogP contribution in [0.4, 0.5) is 0 Å². The van der Waals surface area contributed by atoms with Gasteiger partial charge in [-0.1, -0.05) is 50.2 Å². The summed E-state index contributed by atoms with van der Waals surface area (Å²) in [6, 6.07) is 14.0. The van der Waals surface area contributed by atoms with Gasteiger partial charge in [-0.3, -0.25) is 9.59 Å². The summed E-state index contributed by atoms with van der Waals surface area (Å²) < 4.78 is 10.8. The molecule has 2 aromatic rings. The van der Waals surface area contributed by atoms with Crippen LogP contribution in [0.25, 0.3) is 5.76 Å². The third-order valence-electron chi connectivity index (χ3n) is 5.36. The van der Waals surface area contributed by atoms with Crippen LogP contribution in [0.2, 0.25) is 0 Å². The highest BCUT2D eigenvalue weighted by atomic mass is 16.5. The van der Waals surface area contributed by atoms with Crippen molar-refractivity contribution in [2.75, 3.05) is 26.9 Å². The molecule has 1 saturated heterocycles. The number of aryl methyl sites for hydroxylation is 1. The SMILES string of the molecule is CCCOc1cccc(/C(O)=C2\C(=O)C(=O)N(CCOC)C2c2ccc(CC)cc2)c1. The van der Waals surface area contributed by atoms with Gasteiger partial charge in [0, 0.05) is 19.2 Å². The van der Waals surface area contributed by atoms with E-state index in [0.29, 0.717) is 17.9 Å². The average molecular weight is 424 g/mol. The topological polar surface area (TPSA) is 76.1 Å². The second kappa shape index (κ2) is 10.3. The van der Waals surface area contributed by atoms with Gasteiger partial charge in [0.05, 0.1) is 24.8 Å². The van der Waals surface area contributed by atoms with Gasteiger partial charge < -0.3 is 19.5 Å². The molecule has 0 aromatic heterocycles. The molecule has 6 nitrogen and oxygen atoms in total. The molecule has 0 radical (unpaired) electrons. The van der Waals surface area contributed by atoms with E-state index in [1.807, 2.05) is 31.2 Å². The van der Waals surface area contributed by atoms with Gasteiger partial charge in [-0.2, -0.15) is 0 Å². The van der Waals surface area contributed by atoms with Crippen molar-refractivity contribution in [3.05, 3.63) is 70.8 Å². The van der Waals surface area contributed by atoms with E-state index in [4.69, 9.17) is 9.47 Å². The van der Waals surface area contributed by atoms with E-state index in [2.05, 4.69) is 6.92 Å². The molecule has 0 saturated carbocycles. The summed E-state index contributed by atoms with van der Waals surface area (Å²) in [6.45, 7) is 5.16. The van der Waals surface area contributed by atoms with E-state index in [-0.39, 0.29) is 24.5 Å². The molecule has 6 heteroatoms. The molecule has 3 rings (SSSR count). The van der Waals surface area contributed by atoms with E-state index in [0.717, 1.165) is 24.0 Å². The molecule has 1 fully saturated rings. The van der Waals surface area contributed by atoms with Crippen molar-refractivity contribution in [2.45, 2.75) is 32.7 Å². The van der Waals surface area contributed by atoms with E-state index < -0.39 is 17.7 Å². The summed E-state index contributed by atoms with van der Waals surface area (Å²) in [4.78, 5) is 27.3. The van der Waals surface area contributed by atoms with E-state index in [1.54, 1.807) is 31.4 Å². The molecular weight excluding hydrogens is 394 g/mol. The second-order valence-corrected chi connectivity index (χ2v) is 7.46. The molecule has 1 unspecified atom stereocenters. The number of hydrogen-bond donors (Lipinski definition) is 1. The van der Waals surface area contributed by atoms with Crippen LogP contribution >= 0.6 is 0 Å². The molecular formula is C25H29NO5. The van der Waals surface area contributed by atoms with Gasteiger partial charge in [-0.25, -0.2) is 0 Å². The van der Waals surface area contributed by atoms with Crippen molar-refractivity contribution in [1.29, 1.82) is 0 Å². The highest BCUT2D eigenvalue weighted by Gasteiger charge is 2.45. The van der Waals surface area contributed by atoms with Crippen LogP contribution in [0.5, 0.6) is 5.75 Å². The monoisotopic (exact) mass is 423 g/mol. The fourth-order valence-electron chi connectivity index (χ4n) is 3.69. The molecule has 1 aliphatic rings. The molecule has 1 amide bonds. The van der Waals surface area contributed by atoms with Gasteiger partial charge in [0.2, 0.25) is 0 Å². The molecule has 0 bridgehead atoms. The van der Waals surface area contributed by atoms with E-state index in [1.165, 1.54) is 4.90 Å². The lowest BCUT2D eigenvalue weighted by atomic mass is 9.94. The third kappa shape index (κ3) is 4.80. The van der Waals surface area contributed by atoms with Crippen molar-refractivity contribution in [3.63, 3.8) is 0 Å². The number of aliphatic hydroxyl groups excluding tert-OH is 1. The maximum Gasteiger partial charge on any atom is 0.295 e. The Bertz CT molecular complexity index is 964. The summed E-state index contributed by atoms with van der Waals surface area (Å²) in [6.07, 6.45) is 1.74. The first-order valence-electron chi connectivity index (χ1n) is 10.6. The van der Waals surface area contributed by atoms with Gasteiger partial charge in [-0.05, 0) is 36.1 Å². The maximum absolute atomic E-state index is 13.0. The number of ether oxygens (including phenoxy) is 2. The smallest absolute Gasteiger partial charge is 0.295 e. The van der Waals surface area contributed by atoms with Crippen LogP contribution in [0.3, 0.4) is 0 Å². The minimum absolute atomic E-state index is 0.0815. The zero-order valence-electron chi connectivity index (χ0n) is 18.3. The highest BCUT2D eigenvalue weighted by Crippen LogP contribution is 2.39. The highest BCUT2D eigenvalue weighted by molar-refractivity contribution is 6.46.